The number of nitrogens with one attached hydrogen (secondary N) is 2. The number of carbonyl (C=O) groups excluding carboxylic acids is 1. The molecule has 128 valence electrons. The van der Waals surface area contributed by atoms with Crippen LogP contribution < -0.4 is 10.6 Å². The first kappa shape index (κ1) is 19.0. The standard InChI is InChI=1S/C15H22N2O5S/c1-11-5-7-13(8-6-11)23(21,22)10-12(2)17-15(20)16-9-3-4-14(18)19/h5-8,12H,3-4,9-10H2,1-2H3,(H,18,19)(H2,16,17,20). The van der Waals surface area contributed by atoms with Gasteiger partial charge in [0.15, 0.2) is 9.84 Å². The molecule has 23 heavy (non-hydrogen) atoms. The van der Waals surface area contributed by atoms with Crippen LogP contribution >= 0.6 is 0 Å². The van der Waals surface area contributed by atoms with Gasteiger partial charge in [-0.25, -0.2) is 13.2 Å². The second kappa shape index (κ2) is 8.52. The fourth-order valence-electron chi connectivity index (χ4n) is 1.93. The minimum Gasteiger partial charge on any atom is -0.481 e. The zero-order valence-corrected chi connectivity index (χ0v) is 14.0. The molecular formula is C15H22N2O5S. The van der Waals surface area contributed by atoms with Gasteiger partial charge in [-0.15, -0.1) is 0 Å². The molecule has 0 saturated heterocycles. The molecule has 0 fully saturated rings. The topological polar surface area (TPSA) is 113 Å². The van der Waals surface area contributed by atoms with E-state index in [0.29, 0.717) is 6.42 Å². The SMILES string of the molecule is Cc1ccc(S(=O)(=O)CC(C)NC(=O)NCCCC(=O)O)cc1. The first-order chi connectivity index (χ1) is 10.7. The molecule has 0 spiro atoms. The smallest absolute Gasteiger partial charge is 0.315 e. The number of aryl methyl sites for hydroxylation is 1. The molecule has 1 unspecified atom stereocenters. The summed E-state index contributed by atoms with van der Waals surface area (Å²) in [7, 11) is -3.48. The molecule has 0 aliphatic carbocycles. The first-order valence-corrected chi connectivity index (χ1v) is 8.91. The highest BCUT2D eigenvalue weighted by Gasteiger charge is 2.19. The highest BCUT2D eigenvalue weighted by atomic mass is 32.2. The second-order valence-electron chi connectivity index (χ2n) is 5.39. The van der Waals surface area contributed by atoms with Crippen molar-refractivity contribution in [1.82, 2.24) is 10.6 Å². The zero-order chi connectivity index (χ0) is 17.5. The summed E-state index contributed by atoms with van der Waals surface area (Å²) in [6, 6.07) is 5.45. The van der Waals surface area contributed by atoms with Crippen molar-refractivity contribution in [3.05, 3.63) is 29.8 Å². The van der Waals surface area contributed by atoms with Crippen LogP contribution in [0.2, 0.25) is 0 Å². The van der Waals surface area contributed by atoms with E-state index in [0.717, 1.165) is 5.56 Å². The van der Waals surface area contributed by atoms with E-state index in [1.807, 2.05) is 6.92 Å². The zero-order valence-electron chi connectivity index (χ0n) is 13.2. The number of carboxylic acids is 1. The van der Waals surface area contributed by atoms with Crippen LogP contribution in [-0.2, 0) is 14.6 Å². The van der Waals surface area contributed by atoms with Gasteiger partial charge in [-0.05, 0) is 32.4 Å². The molecule has 7 nitrogen and oxygen atoms in total. The molecule has 0 radical (unpaired) electrons. The quantitative estimate of drug-likeness (QED) is 0.617. The van der Waals surface area contributed by atoms with E-state index in [1.165, 1.54) is 0 Å². The lowest BCUT2D eigenvalue weighted by Crippen LogP contribution is -2.44. The third-order valence-corrected chi connectivity index (χ3v) is 5.01. The molecule has 0 heterocycles. The van der Waals surface area contributed by atoms with E-state index >= 15 is 0 Å². The molecule has 1 aromatic rings. The van der Waals surface area contributed by atoms with E-state index < -0.39 is 27.9 Å². The van der Waals surface area contributed by atoms with Crippen LogP contribution in [0.15, 0.2) is 29.2 Å². The Labute approximate surface area is 136 Å². The van der Waals surface area contributed by atoms with Gasteiger partial charge in [0.1, 0.15) is 0 Å². The summed E-state index contributed by atoms with van der Waals surface area (Å²) < 4.78 is 24.5. The van der Waals surface area contributed by atoms with Gasteiger partial charge in [-0.3, -0.25) is 4.79 Å². The van der Waals surface area contributed by atoms with Gasteiger partial charge < -0.3 is 15.7 Å². The molecule has 8 heteroatoms. The average molecular weight is 342 g/mol. The summed E-state index contributed by atoms with van der Waals surface area (Å²) in [5, 5.41) is 13.5. The van der Waals surface area contributed by atoms with Crippen LogP contribution in [0, 0.1) is 6.92 Å². The average Bonchev–Trinajstić information content (AvgIpc) is 2.43. The number of carbonyl (C=O) groups is 2. The van der Waals surface area contributed by atoms with Gasteiger partial charge in [-0.1, -0.05) is 17.7 Å². The molecule has 0 bridgehead atoms. The Kier molecular flexibility index (Phi) is 7.02. The van der Waals surface area contributed by atoms with Crippen molar-refractivity contribution >= 4 is 21.8 Å². The molecule has 0 aliphatic rings. The van der Waals surface area contributed by atoms with Gasteiger partial charge in [0.25, 0.3) is 0 Å². The lowest BCUT2D eigenvalue weighted by molar-refractivity contribution is -0.137. The second-order valence-corrected chi connectivity index (χ2v) is 7.43. The Morgan fingerprint density at radius 2 is 1.83 bits per heavy atom. The molecule has 0 saturated carbocycles. The van der Waals surface area contributed by atoms with E-state index in [-0.39, 0.29) is 23.6 Å². The van der Waals surface area contributed by atoms with E-state index in [1.54, 1.807) is 31.2 Å². The van der Waals surface area contributed by atoms with Crippen molar-refractivity contribution in [3.8, 4) is 0 Å². The van der Waals surface area contributed by atoms with Crippen molar-refractivity contribution in [3.63, 3.8) is 0 Å². The van der Waals surface area contributed by atoms with Crippen molar-refractivity contribution < 1.29 is 23.1 Å². The number of hydrogen-bond acceptors (Lipinski definition) is 4. The molecule has 3 N–H and O–H groups in total. The maximum Gasteiger partial charge on any atom is 0.315 e. The van der Waals surface area contributed by atoms with Crippen LogP contribution in [-0.4, -0.2) is 43.9 Å². The van der Waals surface area contributed by atoms with Gasteiger partial charge in [-0.2, -0.15) is 0 Å². The Hall–Kier alpha value is -2.09. The Morgan fingerprint density at radius 3 is 2.39 bits per heavy atom. The van der Waals surface area contributed by atoms with E-state index in [9.17, 15) is 18.0 Å². The minimum absolute atomic E-state index is 0.0301. The molecule has 0 aliphatic heterocycles. The Morgan fingerprint density at radius 1 is 1.22 bits per heavy atom. The lowest BCUT2D eigenvalue weighted by Gasteiger charge is -2.15. The van der Waals surface area contributed by atoms with Crippen LogP contribution in [0.5, 0.6) is 0 Å². The molecule has 1 rings (SSSR count). The Bertz CT molecular complexity index is 640. The third-order valence-electron chi connectivity index (χ3n) is 3.08. The number of amides is 2. The summed E-state index contributed by atoms with van der Waals surface area (Å²) in [5.41, 5.74) is 0.968. The fourth-order valence-corrected chi connectivity index (χ4v) is 3.41. The van der Waals surface area contributed by atoms with Crippen molar-refractivity contribution in [2.24, 2.45) is 0 Å². The van der Waals surface area contributed by atoms with E-state index in [2.05, 4.69) is 10.6 Å². The van der Waals surface area contributed by atoms with Crippen molar-refractivity contribution in [2.75, 3.05) is 12.3 Å². The number of rotatable bonds is 8. The largest absolute Gasteiger partial charge is 0.481 e. The number of sulfone groups is 1. The van der Waals surface area contributed by atoms with Gasteiger partial charge in [0.2, 0.25) is 0 Å². The van der Waals surface area contributed by atoms with Crippen molar-refractivity contribution in [1.29, 1.82) is 0 Å². The molecule has 0 aromatic heterocycles. The van der Waals surface area contributed by atoms with Crippen LogP contribution in [0.25, 0.3) is 0 Å². The molecule has 1 aromatic carbocycles. The van der Waals surface area contributed by atoms with Gasteiger partial charge in [0, 0.05) is 19.0 Å². The van der Waals surface area contributed by atoms with Gasteiger partial charge >= 0.3 is 12.0 Å². The molecular weight excluding hydrogens is 320 g/mol. The fraction of sp³-hybridized carbons (Fsp3) is 0.467. The molecule has 1 atom stereocenters. The van der Waals surface area contributed by atoms with Gasteiger partial charge in [0.05, 0.1) is 10.6 Å². The summed E-state index contributed by atoms with van der Waals surface area (Å²) in [4.78, 5) is 22.2. The number of benzene rings is 1. The lowest BCUT2D eigenvalue weighted by atomic mass is 10.2. The predicted octanol–water partition coefficient (Wildman–Crippen LogP) is 1.32. The number of aliphatic carboxylic acids is 1. The first-order valence-electron chi connectivity index (χ1n) is 7.26. The van der Waals surface area contributed by atoms with Crippen LogP contribution in [0.4, 0.5) is 4.79 Å². The summed E-state index contributed by atoms with van der Waals surface area (Å²) in [6.07, 6.45) is 0.288. The molecule has 2 amide bonds. The summed E-state index contributed by atoms with van der Waals surface area (Å²) >= 11 is 0. The summed E-state index contributed by atoms with van der Waals surface area (Å²) in [6.45, 7) is 3.69. The van der Waals surface area contributed by atoms with Crippen LogP contribution in [0.3, 0.4) is 0 Å². The number of hydrogen-bond donors (Lipinski definition) is 3. The maximum atomic E-state index is 12.2. The van der Waals surface area contributed by atoms with E-state index in [4.69, 9.17) is 5.11 Å². The van der Waals surface area contributed by atoms with Crippen LogP contribution in [0.1, 0.15) is 25.3 Å². The summed E-state index contributed by atoms with van der Waals surface area (Å²) in [5.74, 6) is -1.14. The third kappa shape index (κ3) is 7.14. The maximum absolute atomic E-state index is 12.2. The minimum atomic E-state index is -3.48. The predicted molar refractivity (Wildman–Crippen MR) is 86.1 cm³/mol. The monoisotopic (exact) mass is 342 g/mol. The number of carboxylic acid groups (broad SMARTS) is 1. The normalized spacial score (nSPS) is 12.4. The Balaban J connectivity index is 2.45. The highest BCUT2D eigenvalue weighted by Crippen LogP contribution is 2.13. The van der Waals surface area contributed by atoms with Crippen molar-refractivity contribution in [2.45, 2.75) is 37.6 Å². The number of urea groups is 1. The highest BCUT2D eigenvalue weighted by molar-refractivity contribution is 7.91.